The van der Waals surface area contributed by atoms with Crippen LogP contribution in [0.15, 0.2) is 28.2 Å². The zero-order chi connectivity index (χ0) is 16.9. The van der Waals surface area contributed by atoms with Crippen LogP contribution in [0.25, 0.3) is 0 Å². The van der Waals surface area contributed by atoms with Gasteiger partial charge in [0.1, 0.15) is 6.67 Å². The smallest absolute Gasteiger partial charge is 0.269 e. The third kappa shape index (κ3) is 2.23. The summed E-state index contributed by atoms with van der Waals surface area (Å²) in [4.78, 5) is 21.9. The van der Waals surface area contributed by atoms with Crippen molar-refractivity contribution in [3.8, 4) is 0 Å². The molecule has 0 unspecified atom stereocenters. The number of nitro benzene ring substituents is 1. The minimum atomic E-state index is -0.375. The van der Waals surface area contributed by atoms with Crippen molar-refractivity contribution in [1.82, 2.24) is 0 Å². The lowest BCUT2D eigenvalue weighted by molar-refractivity contribution is -0.384. The summed E-state index contributed by atoms with van der Waals surface area (Å²) >= 11 is 0. The molecule has 1 spiro atoms. The Hall–Kier alpha value is -2.28. The number of hydrogen-bond donors (Lipinski definition) is 0. The van der Waals surface area contributed by atoms with E-state index in [0.29, 0.717) is 13.1 Å². The maximum absolute atomic E-state index is 11.2. The average Bonchev–Trinajstić information content (AvgIpc) is 2.54. The predicted octanol–water partition coefficient (Wildman–Crippen LogP) is 2.23. The number of anilines is 1. The summed E-state index contributed by atoms with van der Waals surface area (Å²) in [5.41, 5.74) is 1.79. The molecular formula is C17H20N4O3. The summed E-state index contributed by atoms with van der Waals surface area (Å²) in [5, 5.41) is 11.2. The molecule has 1 saturated heterocycles. The molecule has 0 aromatic heterocycles. The highest BCUT2D eigenvalue weighted by Gasteiger charge is 2.51. The van der Waals surface area contributed by atoms with Gasteiger partial charge in [-0.3, -0.25) is 20.1 Å². The van der Waals surface area contributed by atoms with Crippen molar-refractivity contribution < 1.29 is 9.66 Å². The number of aliphatic imine (C=N–C) groups is 2. The van der Waals surface area contributed by atoms with Crippen LogP contribution in [0.5, 0.6) is 0 Å². The molecule has 3 aliphatic rings. The number of nitrogens with zero attached hydrogens (tertiary/aromatic N) is 4. The minimum Gasteiger partial charge on any atom is -0.372 e. The van der Waals surface area contributed by atoms with E-state index in [1.54, 1.807) is 12.1 Å². The molecule has 0 saturated carbocycles. The summed E-state index contributed by atoms with van der Waals surface area (Å²) < 4.78 is 6.09. The third-order valence-electron chi connectivity index (χ3n) is 5.14. The standard InChI is InChI=1S/C17H20N4O3/c1-11-7-20-15-4-3-14(21(22)23)5-13(15)6-17(8-18-10-19-9-17)16(20)12(2)24-11/h3-5,8-9,11-12,16H,6-7,10H2,1-2H3/t11-,12+,16-/m1/s1. The van der Waals surface area contributed by atoms with Gasteiger partial charge in [-0.25, -0.2) is 0 Å². The summed E-state index contributed by atoms with van der Waals surface area (Å²) in [7, 11) is 0. The Morgan fingerprint density at radius 3 is 2.79 bits per heavy atom. The molecule has 3 heterocycles. The van der Waals surface area contributed by atoms with Crippen LogP contribution in [0, 0.1) is 15.5 Å². The number of rotatable bonds is 1. The predicted molar refractivity (Wildman–Crippen MR) is 92.2 cm³/mol. The van der Waals surface area contributed by atoms with Gasteiger partial charge in [0.15, 0.2) is 0 Å². The first-order chi connectivity index (χ1) is 11.5. The van der Waals surface area contributed by atoms with Gasteiger partial charge in [-0.2, -0.15) is 0 Å². The Labute approximate surface area is 140 Å². The van der Waals surface area contributed by atoms with E-state index in [0.717, 1.165) is 17.8 Å². The minimum absolute atomic E-state index is 0.0214. The van der Waals surface area contributed by atoms with Crippen molar-refractivity contribution in [2.24, 2.45) is 15.4 Å². The molecule has 0 bridgehead atoms. The molecule has 0 N–H and O–H groups in total. The maximum Gasteiger partial charge on any atom is 0.269 e. The van der Waals surface area contributed by atoms with E-state index in [1.165, 1.54) is 0 Å². The van der Waals surface area contributed by atoms with Crippen LogP contribution in [-0.4, -0.2) is 48.8 Å². The number of fused-ring (bicyclic) bond motifs is 4. The zero-order valence-electron chi connectivity index (χ0n) is 13.8. The lowest BCUT2D eigenvalue weighted by atomic mass is 9.70. The fourth-order valence-corrected chi connectivity index (χ4v) is 4.39. The highest BCUT2D eigenvalue weighted by atomic mass is 16.6. The molecule has 1 aromatic rings. The first-order valence-electron chi connectivity index (χ1n) is 8.21. The van der Waals surface area contributed by atoms with E-state index < -0.39 is 0 Å². The number of non-ortho nitro benzene ring substituents is 1. The Bertz CT molecular complexity index is 733. The number of hydrogen-bond acceptors (Lipinski definition) is 6. The molecular weight excluding hydrogens is 308 g/mol. The number of morpholine rings is 1. The molecule has 24 heavy (non-hydrogen) atoms. The fourth-order valence-electron chi connectivity index (χ4n) is 4.39. The topological polar surface area (TPSA) is 80.3 Å². The van der Waals surface area contributed by atoms with Gasteiger partial charge in [0.25, 0.3) is 5.69 Å². The first kappa shape index (κ1) is 15.3. The quantitative estimate of drug-likeness (QED) is 0.585. The SMILES string of the molecule is C[C@@H]1CN2c3ccc([N+](=O)[O-])cc3CC3(C=NCN=C3)[C@H]2[C@H](C)O1. The highest BCUT2D eigenvalue weighted by Crippen LogP contribution is 2.45. The first-order valence-corrected chi connectivity index (χ1v) is 8.21. The summed E-state index contributed by atoms with van der Waals surface area (Å²) in [6.07, 6.45) is 4.71. The van der Waals surface area contributed by atoms with E-state index in [9.17, 15) is 10.1 Å². The second-order valence-corrected chi connectivity index (χ2v) is 6.87. The van der Waals surface area contributed by atoms with Crippen molar-refractivity contribution in [2.75, 3.05) is 18.1 Å². The Kier molecular flexibility index (Phi) is 3.42. The van der Waals surface area contributed by atoms with E-state index >= 15 is 0 Å². The van der Waals surface area contributed by atoms with Crippen LogP contribution in [0.1, 0.15) is 19.4 Å². The molecule has 3 atom stereocenters. The fraction of sp³-hybridized carbons (Fsp3) is 0.529. The number of benzene rings is 1. The van der Waals surface area contributed by atoms with Crippen LogP contribution in [-0.2, 0) is 11.2 Å². The normalized spacial score (nSPS) is 30.1. The van der Waals surface area contributed by atoms with Crippen LogP contribution < -0.4 is 4.90 Å². The van der Waals surface area contributed by atoms with Gasteiger partial charge in [-0.15, -0.1) is 0 Å². The van der Waals surface area contributed by atoms with Gasteiger partial charge in [0.05, 0.1) is 28.6 Å². The van der Waals surface area contributed by atoms with Crippen molar-refractivity contribution in [2.45, 2.75) is 38.5 Å². The second-order valence-electron chi connectivity index (χ2n) is 6.87. The Balaban J connectivity index is 1.87. The van der Waals surface area contributed by atoms with Crippen molar-refractivity contribution in [3.05, 3.63) is 33.9 Å². The Morgan fingerprint density at radius 1 is 1.33 bits per heavy atom. The van der Waals surface area contributed by atoms with Gasteiger partial charge in [0, 0.05) is 36.8 Å². The van der Waals surface area contributed by atoms with Gasteiger partial charge >= 0.3 is 0 Å². The van der Waals surface area contributed by atoms with Crippen LogP contribution in [0.2, 0.25) is 0 Å². The molecule has 0 amide bonds. The largest absolute Gasteiger partial charge is 0.372 e. The lowest BCUT2D eigenvalue weighted by Gasteiger charge is -2.54. The Morgan fingerprint density at radius 2 is 2.08 bits per heavy atom. The van der Waals surface area contributed by atoms with E-state index in [2.05, 4.69) is 28.7 Å². The molecule has 1 aromatic carbocycles. The maximum atomic E-state index is 11.2. The second kappa shape index (κ2) is 5.37. The summed E-state index contributed by atoms with van der Waals surface area (Å²) in [6.45, 7) is 5.34. The van der Waals surface area contributed by atoms with Crippen LogP contribution in [0.4, 0.5) is 11.4 Å². The summed E-state index contributed by atoms with van der Waals surface area (Å²) in [6, 6.07) is 5.24. The lowest BCUT2D eigenvalue weighted by Crippen LogP contribution is -2.65. The van der Waals surface area contributed by atoms with Crippen molar-refractivity contribution in [3.63, 3.8) is 0 Å². The van der Waals surface area contributed by atoms with Crippen molar-refractivity contribution in [1.29, 1.82) is 0 Å². The number of ether oxygens (including phenoxy) is 1. The molecule has 7 nitrogen and oxygen atoms in total. The van der Waals surface area contributed by atoms with E-state index in [-0.39, 0.29) is 34.3 Å². The zero-order valence-corrected chi connectivity index (χ0v) is 13.8. The molecule has 0 radical (unpaired) electrons. The molecule has 3 aliphatic heterocycles. The summed E-state index contributed by atoms with van der Waals surface area (Å²) in [5.74, 6) is 0. The van der Waals surface area contributed by atoms with Gasteiger partial charge < -0.3 is 9.64 Å². The van der Waals surface area contributed by atoms with Gasteiger partial charge in [0.2, 0.25) is 0 Å². The van der Waals surface area contributed by atoms with Crippen LogP contribution >= 0.6 is 0 Å². The molecule has 7 heteroatoms. The third-order valence-corrected chi connectivity index (χ3v) is 5.14. The number of nitro groups is 1. The van der Waals surface area contributed by atoms with Gasteiger partial charge in [-0.05, 0) is 31.9 Å². The molecule has 1 fully saturated rings. The van der Waals surface area contributed by atoms with Crippen LogP contribution in [0.3, 0.4) is 0 Å². The highest BCUT2D eigenvalue weighted by molar-refractivity contribution is 5.94. The van der Waals surface area contributed by atoms with Crippen molar-refractivity contribution >= 4 is 23.8 Å². The monoisotopic (exact) mass is 328 g/mol. The van der Waals surface area contributed by atoms with E-state index in [4.69, 9.17) is 4.74 Å². The molecule has 0 aliphatic carbocycles. The molecule has 4 rings (SSSR count). The average molecular weight is 328 g/mol. The van der Waals surface area contributed by atoms with Gasteiger partial charge in [-0.1, -0.05) is 0 Å². The molecule has 126 valence electrons. The van der Waals surface area contributed by atoms with E-state index in [1.807, 2.05) is 18.5 Å².